The monoisotopic (exact) mass is 386 g/mol. The molecule has 0 aromatic heterocycles. The summed E-state index contributed by atoms with van der Waals surface area (Å²) < 4.78 is 10.8. The molecule has 1 fully saturated rings. The molecule has 1 aliphatic carbocycles. The van der Waals surface area contributed by atoms with Gasteiger partial charge >= 0.3 is 5.97 Å². The van der Waals surface area contributed by atoms with Crippen molar-refractivity contribution in [2.75, 3.05) is 13.2 Å². The molecule has 3 rings (SSSR count). The Kier molecular flexibility index (Phi) is 5.65. The Balaban J connectivity index is 1.96. The van der Waals surface area contributed by atoms with Gasteiger partial charge in [-0.25, -0.2) is 0 Å². The lowest BCUT2D eigenvalue weighted by Gasteiger charge is -2.24. The Bertz CT molecular complexity index is 884. The van der Waals surface area contributed by atoms with Gasteiger partial charge in [0.25, 0.3) is 0 Å². The molecule has 28 heavy (non-hydrogen) atoms. The maximum Gasteiger partial charge on any atom is 0.311 e. The van der Waals surface area contributed by atoms with Crippen LogP contribution in [0.25, 0.3) is 0 Å². The van der Waals surface area contributed by atoms with Crippen molar-refractivity contribution in [2.45, 2.75) is 32.8 Å². The minimum absolute atomic E-state index is 0.0248. The fourth-order valence-electron chi connectivity index (χ4n) is 3.26. The largest absolute Gasteiger partial charge is 0.507 e. The summed E-state index contributed by atoms with van der Waals surface area (Å²) in [6.07, 6.45) is 2.65. The summed E-state index contributed by atoms with van der Waals surface area (Å²) in [6, 6.07) is 2.30. The SMILES string of the molecule is CC(C)=CC[C@@H](OC(=O)C1CCOC1)C1=CC(=O)c2c(O)ccc(O)c2C1=O. The number of Topliss-reactive ketones (excluding diaryl/α,β-unsaturated/α-hetero) is 1. The van der Waals surface area contributed by atoms with Crippen LogP contribution in [0.2, 0.25) is 0 Å². The van der Waals surface area contributed by atoms with Crippen LogP contribution in [-0.2, 0) is 14.3 Å². The molecule has 1 aromatic rings. The van der Waals surface area contributed by atoms with E-state index < -0.39 is 35.3 Å². The van der Waals surface area contributed by atoms with Gasteiger partial charge < -0.3 is 19.7 Å². The number of ether oxygens (including phenoxy) is 2. The molecular weight excluding hydrogens is 364 g/mol. The molecule has 7 nitrogen and oxygen atoms in total. The van der Waals surface area contributed by atoms with E-state index in [1.54, 1.807) is 6.08 Å². The fraction of sp³-hybridized carbons (Fsp3) is 0.381. The fourth-order valence-corrected chi connectivity index (χ4v) is 3.26. The van der Waals surface area contributed by atoms with Gasteiger partial charge in [-0.15, -0.1) is 0 Å². The van der Waals surface area contributed by atoms with E-state index in [0.717, 1.165) is 23.8 Å². The van der Waals surface area contributed by atoms with E-state index in [1.165, 1.54) is 0 Å². The van der Waals surface area contributed by atoms with Gasteiger partial charge in [-0.05, 0) is 38.5 Å². The summed E-state index contributed by atoms with van der Waals surface area (Å²) in [5.41, 5.74) is 0.416. The normalized spacial score (nSPS) is 19.6. The molecule has 0 spiro atoms. The Labute approximate surface area is 162 Å². The second kappa shape index (κ2) is 7.98. The molecule has 1 aliphatic heterocycles. The van der Waals surface area contributed by atoms with Gasteiger partial charge in [0.2, 0.25) is 0 Å². The topological polar surface area (TPSA) is 110 Å². The second-order valence-corrected chi connectivity index (χ2v) is 7.15. The average molecular weight is 386 g/mol. The first-order valence-electron chi connectivity index (χ1n) is 9.06. The van der Waals surface area contributed by atoms with Crippen LogP contribution in [0.15, 0.2) is 35.4 Å². The van der Waals surface area contributed by atoms with Gasteiger partial charge in [-0.3, -0.25) is 14.4 Å². The van der Waals surface area contributed by atoms with Crippen molar-refractivity contribution < 1.29 is 34.1 Å². The minimum atomic E-state index is -0.977. The molecule has 2 N–H and O–H groups in total. The summed E-state index contributed by atoms with van der Waals surface area (Å²) in [5, 5.41) is 20.0. The van der Waals surface area contributed by atoms with Crippen LogP contribution in [0.5, 0.6) is 11.5 Å². The van der Waals surface area contributed by atoms with Crippen molar-refractivity contribution in [3.63, 3.8) is 0 Å². The Morgan fingerprint density at radius 1 is 1.25 bits per heavy atom. The maximum atomic E-state index is 13.0. The molecular formula is C21H22O7. The van der Waals surface area contributed by atoms with Crippen LogP contribution in [0.4, 0.5) is 0 Å². The van der Waals surface area contributed by atoms with E-state index in [0.29, 0.717) is 13.0 Å². The molecule has 148 valence electrons. The molecule has 1 heterocycles. The van der Waals surface area contributed by atoms with Gasteiger partial charge in [-0.2, -0.15) is 0 Å². The van der Waals surface area contributed by atoms with Crippen molar-refractivity contribution in [2.24, 2.45) is 5.92 Å². The number of hydrogen-bond acceptors (Lipinski definition) is 7. The van der Waals surface area contributed by atoms with Crippen LogP contribution in [-0.4, -0.2) is 47.1 Å². The molecule has 1 unspecified atom stereocenters. The molecule has 7 heteroatoms. The maximum absolute atomic E-state index is 13.0. The number of rotatable bonds is 5. The predicted molar refractivity (Wildman–Crippen MR) is 99.4 cm³/mol. The number of aromatic hydroxyl groups is 2. The quantitative estimate of drug-likeness (QED) is 0.455. The van der Waals surface area contributed by atoms with E-state index in [9.17, 15) is 24.6 Å². The molecule has 0 amide bonds. The Hall–Kier alpha value is -2.93. The number of ketones is 2. The lowest BCUT2D eigenvalue weighted by atomic mass is 9.85. The number of hydrogen-bond donors (Lipinski definition) is 2. The molecule has 0 bridgehead atoms. The molecule has 1 saturated heterocycles. The van der Waals surface area contributed by atoms with Gasteiger partial charge in [0.05, 0.1) is 23.7 Å². The number of phenols is 2. The van der Waals surface area contributed by atoms with Gasteiger partial charge in [0, 0.05) is 18.6 Å². The summed E-state index contributed by atoms with van der Waals surface area (Å²) in [6.45, 7) is 4.47. The standard InChI is InChI=1S/C21H22O7/c1-11(2)3-6-17(28-21(26)12-7-8-27-10-12)13-9-16(24)18-14(22)4-5-15(23)19(18)20(13)25/h3-5,9,12,17,22-23H,6-8,10H2,1-2H3/t12?,17-/m1/s1. The van der Waals surface area contributed by atoms with E-state index in [4.69, 9.17) is 9.47 Å². The zero-order valence-electron chi connectivity index (χ0n) is 15.7. The molecule has 1 aromatic carbocycles. The minimum Gasteiger partial charge on any atom is -0.507 e. The molecule has 0 saturated carbocycles. The molecule has 2 aliphatic rings. The zero-order valence-corrected chi connectivity index (χ0v) is 15.7. The highest BCUT2D eigenvalue weighted by Crippen LogP contribution is 2.36. The highest BCUT2D eigenvalue weighted by Gasteiger charge is 2.37. The smallest absolute Gasteiger partial charge is 0.311 e. The van der Waals surface area contributed by atoms with Crippen LogP contribution in [0.3, 0.4) is 0 Å². The Morgan fingerprint density at radius 2 is 1.93 bits per heavy atom. The third-order valence-corrected chi connectivity index (χ3v) is 4.79. The third kappa shape index (κ3) is 3.84. The summed E-state index contributed by atoms with van der Waals surface area (Å²) >= 11 is 0. The first-order chi connectivity index (χ1) is 13.3. The number of esters is 1. The Morgan fingerprint density at radius 3 is 2.54 bits per heavy atom. The van der Waals surface area contributed by atoms with Crippen molar-refractivity contribution in [3.8, 4) is 11.5 Å². The predicted octanol–water partition coefficient (Wildman–Crippen LogP) is 2.71. The van der Waals surface area contributed by atoms with Crippen LogP contribution < -0.4 is 0 Å². The zero-order chi connectivity index (χ0) is 20.4. The highest BCUT2D eigenvalue weighted by atomic mass is 16.5. The van der Waals surface area contributed by atoms with E-state index in [-0.39, 0.29) is 35.5 Å². The number of phenolic OH excluding ortho intramolecular Hbond substituents is 2. The average Bonchev–Trinajstić information content (AvgIpc) is 3.18. The lowest BCUT2D eigenvalue weighted by Crippen LogP contribution is -2.31. The number of fused-ring (bicyclic) bond motifs is 1. The van der Waals surface area contributed by atoms with Crippen LogP contribution in [0.1, 0.15) is 47.4 Å². The molecule has 2 atom stereocenters. The van der Waals surface area contributed by atoms with Gasteiger partial charge in [0.1, 0.15) is 17.6 Å². The van der Waals surface area contributed by atoms with Crippen LogP contribution >= 0.6 is 0 Å². The van der Waals surface area contributed by atoms with E-state index in [2.05, 4.69) is 0 Å². The van der Waals surface area contributed by atoms with Crippen LogP contribution in [0, 0.1) is 5.92 Å². The third-order valence-electron chi connectivity index (χ3n) is 4.79. The number of carbonyl (C=O) groups is 3. The van der Waals surface area contributed by atoms with Crippen molar-refractivity contribution in [1.29, 1.82) is 0 Å². The number of benzene rings is 1. The second-order valence-electron chi connectivity index (χ2n) is 7.15. The molecule has 0 radical (unpaired) electrons. The lowest BCUT2D eigenvalue weighted by molar-refractivity contribution is -0.152. The highest BCUT2D eigenvalue weighted by molar-refractivity contribution is 6.27. The first-order valence-corrected chi connectivity index (χ1v) is 9.06. The van der Waals surface area contributed by atoms with Gasteiger partial charge in [-0.1, -0.05) is 11.6 Å². The number of allylic oxidation sites excluding steroid dienone is 2. The summed E-state index contributed by atoms with van der Waals surface area (Å²) in [4.78, 5) is 38.0. The first kappa shape index (κ1) is 19.8. The summed E-state index contributed by atoms with van der Waals surface area (Å²) in [7, 11) is 0. The van der Waals surface area contributed by atoms with Crippen molar-refractivity contribution in [1.82, 2.24) is 0 Å². The van der Waals surface area contributed by atoms with E-state index >= 15 is 0 Å². The summed E-state index contributed by atoms with van der Waals surface area (Å²) in [5.74, 6) is -2.97. The van der Waals surface area contributed by atoms with Crippen molar-refractivity contribution >= 4 is 17.5 Å². The van der Waals surface area contributed by atoms with Gasteiger partial charge in [0.15, 0.2) is 11.6 Å². The van der Waals surface area contributed by atoms with E-state index in [1.807, 2.05) is 13.8 Å². The van der Waals surface area contributed by atoms with Crippen molar-refractivity contribution in [3.05, 3.63) is 46.6 Å². The number of carbonyl (C=O) groups excluding carboxylic acids is 3.